The van der Waals surface area contributed by atoms with Gasteiger partial charge >= 0.3 is 0 Å². The van der Waals surface area contributed by atoms with Gasteiger partial charge in [-0.25, -0.2) is 4.98 Å². The molecule has 1 N–H and O–H groups in total. The van der Waals surface area contributed by atoms with E-state index < -0.39 is 11.7 Å². The number of H-pyrrole nitrogens is 1. The highest BCUT2D eigenvalue weighted by atomic mass is 16.5. The first-order valence-corrected chi connectivity index (χ1v) is 10.9. The van der Waals surface area contributed by atoms with Crippen LogP contribution >= 0.6 is 0 Å². The molecule has 0 saturated carbocycles. The smallest absolute Gasteiger partial charge is 0.295 e. The molecule has 0 spiro atoms. The van der Waals surface area contributed by atoms with E-state index in [9.17, 15) is 14.4 Å². The van der Waals surface area contributed by atoms with Gasteiger partial charge in [0, 0.05) is 37.9 Å². The highest BCUT2D eigenvalue weighted by molar-refractivity contribution is 6.45. The molecule has 4 heterocycles. The van der Waals surface area contributed by atoms with Gasteiger partial charge in [0.05, 0.1) is 36.8 Å². The number of aromatic nitrogens is 6. The second-order valence-electron chi connectivity index (χ2n) is 8.01. The normalized spacial score (nSPS) is 13.8. The highest BCUT2D eigenvalue weighted by Crippen LogP contribution is 2.33. The predicted octanol–water partition coefficient (Wildman–Crippen LogP) is 0.929. The van der Waals surface area contributed by atoms with Crippen LogP contribution in [0.3, 0.4) is 0 Å². The number of carbonyl (C=O) groups excluding carboxylic acids is 3. The van der Waals surface area contributed by atoms with Crippen LogP contribution in [0.4, 0.5) is 0 Å². The SMILES string of the molecule is COc1cnc(-c2nnn(C)n2)c2[nH]cc(C(=O)C(=O)N3CCN(C(=O)c4ccccc4)CC3)c12. The Labute approximate surface area is 199 Å². The van der Waals surface area contributed by atoms with E-state index in [4.69, 9.17) is 4.74 Å². The molecule has 0 atom stereocenters. The van der Waals surface area contributed by atoms with E-state index in [0.717, 1.165) is 0 Å². The first-order valence-electron chi connectivity index (χ1n) is 10.9. The third-order valence-corrected chi connectivity index (χ3v) is 5.93. The zero-order valence-electron chi connectivity index (χ0n) is 19.1. The molecule has 0 aliphatic carbocycles. The summed E-state index contributed by atoms with van der Waals surface area (Å²) in [5, 5.41) is 12.4. The number of hydrogen-bond donors (Lipinski definition) is 1. The van der Waals surface area contributed by atoms with Crippen molar-refractivity contribution in [2.24, 2.45) is 7.05 Å². The molecule has 4 aromatic rings. The van der Waals surface area contributed by atoms with E-state index in [1.807, 2.05) is 18.2 Å². The monoisotopic (exact) mass is 474 g/mol. The number of nitrogens with one attached hydrogen (secondary N) is 1. The number of ketones is 1. The number of hydrogen-bond acceptors (Lipinski definition) is 8. The number of Topliss-reactive ketones (excluding diaryl/α,β-unsaturated/α-hetero) is 1. The molecule has 35 heavy (non-hydrogen) atoms. The molecule has 1 saturated heterocycles. The molecule has 1 fully saturated rings. The Morgan fingerprint density at radius 2 is 1.74 bits per heavy atom. The van der Waals surface area contributed by atoms with Crippen LogP contribution in [0.25, 0.3) is 22.4 Å². The fraction of sp³-hybridized carbons (Fsp3) is 0.261. The fourth-order valence-corrected chi connectivity index (χ4v) is 4.14. The highest BCUT2D eigenvalue weighted by Gasteiger charge is 2.31. The summed E-state index contributed by atoms with van der Waals surface area (Å²) < 4.78 is 5.41. The Bertz CT molecular complexity index is 1420. The molecule has 0 radical (unpaired) electrons. The van der Waals surface area contributed by atoms with Crippen LogP contribution < -0.4 is 4.74 Å². The van der Waals surface area contributed by atoms with Gasteiger partial charge in [0.25, 0.3) is 17.6 Å². The molecule has 12 heteroatoms. The summed E-state index contributed by atoms with van der Waals surface area (Å²) in [4.78, 5) is 50.9. The summed E-state index contributed by atoms with van der Waals surface area (Å²) in [6, 6.07) is 8.98. The number of aromatic amines is 1. The first kappa shape index (κ1) is 22.2. The van der Waals surface area contributed by atoms with Gasteiger partial charge in [-0.15, -0.1) is 10.2 Å². The van der Waals surface area contributed by atoms with Crippen molar-refractivity contribution in [1.29, 1.82) is 0 Å². The quantitative estimate of drug-likeness (QED) is 0.333. The second kappa shape index (κ2) is 8.97. The number of benzene rings is 1. The summed E-state index contributed by atoms with van der Waals surface area (Å²) in [6.45, 7) is 1.21. The molecule has 12 nitrogen and oxygen atoms in total. The van der Waals surface area contributed by atoms with Gasteiger partial charge in [-0.05, 0) is 17.3 Å². The van der Waals surface area contributed by atoms with Crippen LogP contribution in [0.2, 0.25) is 0 Å². The van der Waals surface area contributed by atoms with Crippen LogP contribution in [-0.2, 0) is 11.8 Å². The Morgan fingerprint density at radius 3 is 2.40 bits per heavy atom. The standard InChI is InChI=1S/C23H22N8O4/c1-29-27-21(26-28-29)19-18-17(16(35-2)13-25-19)15(12-24-18)20(32)23(34)31-10-8-30(9-11-31)22(33)14-6-4-3-5-7-14/h3-7,12-13,24H,8-11H2,1-2H3. The largest absolute Gasteiger partial charge is 0.494 e. The van der Waals surface area contributed by atoms with Crippen molar-refractivity contribution in [1.82, 2.24) is 40.0 Å². The van der Waals surface area contributed by atoms with Crippen molar-refractivity contribution in [2.75, 3.05) is 33.3 Å². The van der Waals surface area contributed by atoms with E-state index in [1.165, 1.54) is 29.2 Å². The number of nitrogens with zero attached hydrogens (tertiary/aromatic N) is 7. The number of carbonyl (C=O) groups is 3. The lowest BCUT2D eigenvalue weighted by atomic mass is 10.1. The molecular formula is C23H22N8O4. The topological polar surface area (TPSA) is 139 Å². The van der Waals surface area contributed by atoms with Crippen LogP contribution in [0, 0.1) is 0 Å². The zero-order valence-corrected chi connectivity index (χ0v) is 19.1. The van der Waals surface area contributed by atoms with Crippen molar-refractivity contribution >= 4 is 28.5 Å². The van der Waals surface area contributed by atoms with E-state index in [2.05, 4.69) is 25.4 Å². The summed E-state index contributed by atoms with van der Waals surface area (Å²) in [6.07, 6.45) is 2.92. The molecule has 0 unspecified atom stereocenters. The predicted molar refractivity (Wildman–Crippen MR) is 124 cm³/mol. The molecule has 5 rings (SSSR count). The minimum atomic E-state index is -0.679. The van der Waals surface area contributed by atoms with Gasteiger partial charge in [-0.3, -0.25) is 14.4 Å². The number of tetrazole rings is 1. The summed E-state index contributed by atoms with van der Waals surface area (Å²) in [7, 11) is 3.09. The van der Waals surface area contributed by atoms with Gasteiger partial charge in [0.2, 0.25) is 5.82 Å². The molecule has 178 valence electrons. The van der Waals surface area contributed by atoms with Crippen LogP contribution in [0.5, 0.6) is 5.75 Å². The number of rotatable bonds is 5. The average Bonchev–Trinajstić information content (AvgIpc) is 3.54. The molecule has 1 aliphatic rings. The van der Waals surface area contributed by atoms with E-state index in [-0.39, 0.29) is 30.4 Å². The summed E-state index contributed by atoms with van der Waals surface area (Å²) in [5.74, 6) is -0.810. The molecule has 2 amide bonds. The lowest BCUT2D eigenvalue weighted by molar-refractivity contribution is -0.127. The van der Waals surface area contributed by atoms with Crippen molar-refractivity contribution in [2.45, 2.75) is 0 Å². The number of ether oxygens (including phenoxy) is 1. The van der Waals surface area contributed by atoms with Gasteiger partial charge in [-0.2, -0.15) is 4.80 Å². The minimum Gasteiger partial charge on any atom is -0.494 e. The lowest BCUT2D eigenvalue weighted by Crippen LogP contribution is -2.52. The second-order valence-corrected chi connectivity index (χ2v) is 8.01. The minimum absolute atomic E-state index is 0.0944. The maximum atomic E-state index is 13.3. The lowest BCUT2D eigenvalue weighted by Gasteiger charge is -2.34. The Morgan fingerprint density at radius 1 is 1.03 bits per heavy atom. The number of pyridine rings is 1. The number of aryl methyl sites for hydroxylation is 1. The molecule has 3 aromatic heterocycles. The van der Waals surface area contributed by atoms with Gasteiger partial charge in [0.15, 0.2) is 0 Å². The average molecular weight is 474 g/mol. The van der Waals surface area contributed by atoms with Gasteiger partial charge < -0.3 is 19.5 Å². The van der Waals surface area contributed by atoms with Crippen LogP contribution in [-0.4, -0.2) is 90.9 Å². The van der Waals surface area contributed by atoms with Crippen molar-refractivity contribution in [3.63, 3.8) is 0 Å². The molecular weight excluding hydrogens is 452 g/mol. The number of methoxy groups -OCH3 is 1. The molecule has 0 bridgehead atoms. The summed E-state index contributed by atoms with van der Waals surface area (Å²) in [5.41, 5.74) is 1.61. The van der Waals surface area contributed by atoms with Crippen LogP contribution in [0.15, 0.2) is 42.7 Å². The van der Waals surface area contributed by atoms with E-state index in [1.54, 1.807) is 24.1 Å². The zero-order chi connectivity index (χ0) is 24.5. The van der Waals surface area contributed by atoms with Crippen molar-refractivity contribution in [3.8, 4) is 17.3 Å². The van der Waals surface area contributed by atoms with Crippen LogP contribution in [0.1, 0.15) is 20.7 Å². The molecule has 1 aliphatic heterocycles. The van der Waals surface area contributed by atoms with Gasteiger partial charge in [-0.1, -0.05) is 18.2 Å². The van der Waals surface area contributed by atoms with Crippen molar-refractivity contribution < 1.29 is 19.1 Å². The van der Waals surface area contributed by atoms with E-state index >= 15 is 0 Å². The van der Waals surface area contributed by atoms with E-state index in [0.29, 0.717) is 41.0 Å². The fourth-order valence-electron chi connectivity index (χ4n) is 4.14. The summed E-state index contributed by atoms with van der Waals surface area (Å²) >= 11 is 0. The number of piperazine rings is 1. The maximum absolute atomic E-state index is 13.3. The molecule has 1 aromatic carbocycles. The Balaban J connectivity index is 1.37. The number of amides is 2. The Kier molecular flexibility index (Phi) is 5.69. The third-order valence-electron chi connectivity index (χ3n) is 5.93. The first-order chi connectivity index (χ1) is 17.0. The van der Waals surface area contributed by atoms with Crippen molar-refractivity contribution in [3.05, 3.63) is 53.9 Å². The Hall–Kier alpha value is -4.61. The van der Waals surface area contributed by atoms with Gasteiger partial charge in [0.1, 0.15) is 11.4 Å². The third kappa shape index (κ3) is 3.98. The number of fused-ring (bicyclic) bond motifs is 1. The maximum Gasteiger partial charge on any atom is 0.295 e.